The highest BCUT2D eigenvalue weighted by Crippen LogP contribution is 2.55. The minimum absolute atomic E-state index is 0.108. The first-order chi connectivity index (χ1) is 5.25. The zero-order valence-electron chi connectivity index (χ0n) is 6.72. The summed E-state index contributed by atoms with van der Waals surface area (Å²) in [7, 11) is 0. The van der Waals surface area contributed by atoms with Crippen LogP contribution in [0.4, 0.5) is 4.79 Å². The third-order valence-corrected chi connectivity index (χ3v) is 3.32. The van der Waals surface area contributed by atoms with E-state index >= 15 is 0 Å². The van der Waals surface area contributed by atoms with Crippen molar-refractivity contribution in [2.24, 2.45) is 0 Å². The molecule has 0 aliphatic carbocycles. The highest BCUT2D eigenvalue weighted by atomic mass is 32.7. The van der Waals surface area contributed by atoms with Crippen LogP contribution in [-0.4, -0.2) is 27.8 Å². The number of hydrogen-bond acceptors (Lipinski definition) is 3. The Kier molecular flexibility index (Phi) is 2.19. The molecule has 70 valence electrons. The number of carbonyl (C=O) groups excluding carboxylic acids is 1. The first-order valence-electron chi connectivity index (χ1n) is 3.28. The van der Waals surface area contributed by atoms with E-state index in [4.69, 9.17) is 4.89 Å². The molecule has 0 bridgehead atoms. The molecule has 0 radical (unpaired) electrons. The SMILES string of the molecule is CC1(C)COC(=O)N1P(=O)(O)S. The van der Waals surface area contributed by atoms with Gasteiger partial charge in [0.1, 0.15) is 6.61 Å². The van der Waals surface area contributed by atoms with Crippen molar-refractivity contribution in [1.82, 2.24) is 4.67 Å². The quantitative estimate of drug-likeness (QED) is 0.506. The van der Waals surface area contributed by atoms with E-state index in [0.29, 0.717) is 0 Å². The van der Waals surface area contributed by atoms with Gasteiger partial charge in [-0.1, -0.05) is 12.2 Å². The molecule has 1 aliphatic rings. The molecule has 0 spiro atoms. The zero-order chi connectivity index (χ0) is 9.57. The van der Waals surface area contributed by atoms with Crippen molar-refractivity contribution in [3.05, 3.63) is 0 Å². The Morgan fingerprint density at radius 2 is 2.25 bits per heavy atom. The number of hydrogen-bond donors (Lipinski definition) is 2. The van der Waals surface area contributed by atoms with Gasteiger partial charge < -0.3 is 9.63 Å². The van der Waals surface area contributed by atoms with Crippen LogP contribution in [0, 0.1) is 0 Å². The van der Waals surface area contributed by atoms with E-state index in [-0.39, 0.29) is 6.61 Å². The Balaban J connectivity index is 3.02. The molecule has 1 aliphatic heterocycles. The second-order valence-corrected chi connectivity index (χ2v) is 6.18. The standard InChI is InChI=1S/C5H10NO4PS/c1-5(2)3-10-4(7)6(5)11(8,9)12/h3H2,1-2H3,(H2,8,9,12). The summed E-state index contributed by atoms with van der Waals surface area (Å²) < 4.78 is 16.5. The van der Waals surface area contributed by atoms with E-state index in [2.05, 4.69) is 17.0 Å². The first-order valence-corrected chi connectivity index (χ1v) is 6.05. The Morgan fingerprint density at radius 3 is 2.42 bits per heavy atom. The van der Waals surface area contributed by atoms with Gasteiger partial charge in [-0.2, -0.15) is 0 Å². The van der Waals surface area contributed by atoms with Gasteiger partial charge in [0, 0.05) is 0 Å². The Morgan fingerprint density at radius 1 is 1.75 bits per heavy atom. The number of carbonyl (C=O) groups is 1. The van der Waals surface area contributed by atoms with Gasteiger partial charge in [-0.3, -0.25) is 4.57 Å². The van der Waals surface area contributed by atoms with Crippen molar-refractivity contribution in [2.45, 2.75) is 19.4 Å². The molecule has 1 N–H and O–H groups in total. The van der Waals surface area contributed by atoms with Crippen LogP contribution >= 0.6 is 19.0 Å². The maximum absolute atomic E-state index is 11.1. The molecule has 0 saturated carbocycles. The third-order valence-electron chi connectivity index (χ3n) is 1.56. The second-order valence-electron chi connectivity index (χ2n) is 3.19. The largest absolute Gasteiger partial charge is 0.447 e. The van der Waals surface area contributed by atoms with Gasteiger partial charge >= 0.3 is 12.8 Å². The van der Waals surface area contributed by atoms with Crippen molar-refractivity contribution in [2.75, 3.05) is 6.61 Å². The fourth-order valence-electron chi connectivity index (χ4n) is 1.07. The van der Waals surface area contributed by atoms with Crippen LogP contribution in [0.5, 0.6) is 0 Å². The predicted molar refractivity (Wildman–Crippen MR) is 46.1 cm³/mol. The molecule has 1 unspecified atom stereocenters. The van der Waals surface area contributed by atoms with Crippen LogP contribution in [-0.2, 0) is 9.30 Å². The maximum atomic E-state index is 11.1. The van der Waals surface area contributed by atoms with E-state index in [9.17, 15) is 9.36 Å². The van der Waals surface area contributed by atoms with Gasteiger partial charge in [0.25, 0.3) is 0 Å². The van der Waals surface area contributed by atoms with Crippen LogP contribution in [0.2, 0.25) is 0 Å². The molecular formula is C5H10NO4PS. The lowest BCUT2D eigenvalue weighted by Crippen LogP contribution is -2.38. The molecule has 1 heterocycles. The summed E-state index contributed by atoms with van der Waals surface area (Å²) in [5.41, 5.74) is -0.761. The number of amides is 1. The smallest absolute Gasteiger partial charge is 0.418 e. The average Bonchev–Trinajstić information content (AvgIpc) is 2.03. The van der Waals surface area contributed by atoms with Crippen LogP contribution in [0.15, 0.2) is 0 Å². The maximum Gasteiger partial charge on any atom is 0.418 e. The lowest BCUT2D eigenvalue weighted by atomic mass is 10.1. The van der Waals surface area contributed by atoms with E-state index in [1.54, 1.807) is 13.8 Å². The van der Waals surface area contributed by atoms with Gasteiger partial charge in [0.05, 0.1) is 5.54 Å². The van der Waals surface area contributed by atoms with Gasteiger partial charge in [-0.15, -0.1) is 0 Å². The highest BCUT2D eigenvalue weighted by molar-refractivity contribution is 8.45. The van der Waals surface area contributed by atoms with Crippen molar-refractivity contribution < 1.29 is 19.0 Å². The monoisotopic (exact) mass is 211 g/mol. The van der Waals surface area contributed by atoms with Crippen molar-refractivity contribution in [3.63, 3.8) is 0 Å². The lowest BCUT2D eigenvalue weighted by Gasteiger charge is -2.28. The fraction of sp³-hybridized carbons (Fsp3) is 0.800. The topological polar surface area (TPSA) is 66.8 Å². The number of cyclic esters (lactones) is 1. The average molecular weight is 211 g/mol. The molecule has 0 aromatic carbocycles. The summed E-state index contributed by atoms with van der Waals surface area (Å²) in [4.78, 5) is 20.0. The van der Waals surface area contributed by atoms with E-state index < -0.39 is 18.4 Å². The Bertz CT molecular complexity index is 260. The van der Waals surface area contributed by atoms with Gasteiger partial charge in [0.15, 0.2) is 0 Å². The van der Waals surface area contributed by atoms with Crippen molar-refractivity contribution in [1.29, 1.82) is 0 Å². The molecule has 1 rings (SSSR count). The zero-order valence-corrected chi connectivity index (χ0v) is 8.51. The Hall–Kier alpha value is -0.190. The van der Waals surface area contributed by atoms with E-state index in [0.717, 1.165) is 4.67 Å². The van der Waals surface area contributed by atoms with Gasteiger partial charge in [-0.05, 0) is 13.8 Å². The number of thiol groups is 1. The molecule has 0 aromatic rings. The minimum atomic E-state index is -3.84. The number of rotatable bonds is 1. The van der Waals surface area contributed by atoms with Gasteiger partial charge in [0.2, 0.25) is 0 Å². The molecule has 12 heavy (non-hydrogen) atoms. The summed E-state index contributed by atoms with van der Waals surface area (Å²) in [6.45, 7) is -0.458. The van der Waals surface area contributed by atoms with Crippen LogP contribution in [0.3, 0.4) is 0 Å². The summed E-state index contributed by atoms with van der Waals surface area (Å²) in [5, 5.41) is 0. The molecule has 5 nitrogen and oxygen atoms in total. The van der Waals surface area contributed by atoms with Crippen molar-refractivity contribution in [3.8, 4) is 0 Å². The Labute approximate surface area is 75.4 Å². The molecule has 7 heteroatoms. The lowest BCUT2D eigenvalue weighted by molar-refractivity contribution is 0.168. The fourth-order valence-corrected chi connectivity index (χ4v) is 3.05. The second kappa shape index (κ2) is 2.65. The van der Waals surface area contributed by atoms with Crippen LogP contribution in [0.25, 0.3) is 0 Å². The molecule has 1 atom stereocenters. The summed E-state index contributed by atoms with van der Waals surface area (Å²) in [6.07, 6.45) is -0.791. The summed E-state index contributed by atoms with van der Waals surface area (Å²) >= 11 is 3.46. The molecule has 1 saturated heterocycles. The third kappa shape index (κ3) is 1.60. The predicted octanol–water partition coefficient (Wildman–Crippen LogP) is 1.25. The van der Waals surface area contributed by atoms with Crippen molar-refractivity contribution >= 4 is 25.1 Å². The molecule has 0 aromatic heterocycles. The summed E-state index contributed by atoms with van der Waals surface area (Å²) in [5.74, 6) is 0. The van der Waals surface area contributed by atoms with E-state index in [1.807, 2.05) is 0 Å². The minimum Gasteiger partial charge on any atom is -0.447 e. The van der Waals surface area contributed by atoms with Crippen LogP contribution < -0.4 is 0 Å². The number of ether oxygens (including phenoxy) is 1. The van der Waals surface area contributed by atoms with Gasteiger partial charge in [-0.25, -0.2) is 9.46 Å². The van der Waals surface area contributed by atoms with Crippen LogP contribution in [0.1, 0.15) is 13.8 Å². The molecule has 1 amide bonds. The number of nitrogens with zero attached hydrogens (tertiary/aromatic N) is 1. The molecular weight excluding hydrogens is 201 g/mol. The first kappa shape index (κ1) is 9.89. The normalized spacial score (nSPS) is 26.7. The molecule has 1 fully saturated rings. The van der Waals surface area contributed by atoms with E-state index in [1.165, 1.54) is 0 Å². The summed E-state index contributed by atoms with van der Waals surface area (Å²) in [6, 6.07) is 0. The highest BCUT2D eigenvalue weighted by Gasteiger charge is 2.48.